The van der Waals surface area contributed by atoms with E-state index in [1.165, 1.54) is 36.8 Å². The second-order valence-electron chi connectivity index (χ2n) is 6.07. The summed E-state index contributed by atoms with van der Waals surface area (Å²) in [5, 5.41) is 0. The van der Waals surface area contributed by atoms with Gasteiger partial charge >= 0.3 is 0 Å². The minimum absolute atomic E-state index is 0.578. The van der Waals surface area contributed by atoms with E-state index in [1.54, 1.807) is 0 Å². The second-order valence-corrected chi connectivity index (χ2v) is 6.07. The quantitative estimate of drug-likeness (QED) is 0.833. The van der Waals surface area contributed by atoms with Gasteiger partial charge in [-0.3, -0.25) is 4.90 Å². The molecule has 0 aromatic heterocycles. The molecule has 1 aromatic rings. The third-order valence-corrected chi connectivity index (χ3v) is 4.41. The van der Waals surface area contributed by atoms with Crippen LogP contribution >= 0.6 is 0 Å². The lowest BCUT2D eigenvalue weighted by Crippen LogP contribution is -2.39. The normalized spacial score (nSPS) is 21.3. The van der Waals surface area contributed by atoms with Crippen LogP contribution in [0.5, 0.6) is 0 Å². The lowest BCUT2D eigenvalue weighted by Gasteiger charge is -2.27. The highest BCUT2D eigenvalue weighted by molar-refractivity contribution is 5.29. The molecule has 1 atom stereocenters. The summed E-state index contributed by atoms with van der Waals surface area (Å²) in [5.41, 5.74) is 8.90. The summed E-state index contributed by atoms with van der Waals surface area (Å²) in [6.45, 7) is 1.84. The van der Waals surface area contributed by atoms with Crippen LogP contribution in [0.25, 0.3) is 0 Å². The molecule has 0 spiro atoms. The number of nitrogens with zero attached hydrogens (tertiary/aromatic N) is 1. The van der Waals surface area contributed by atoms with Gasteiger partial charge in [0.05, 0.1) is 0 Å². The zero-order valence-corrected chi connectivity index (χ0v) is 11.3. The van der Waals surface area contributed by atoms with Gasteiger partial charge in [0.15, 0.2) is 0 Å². The van der Waals surface area contributed by atoms with Crippen LogP contribution in [-0.4, -0.2) is 24.5 Å². The topological polar surface area (TPSA) is 29.3 Å². The van der Waals surface area contributed by atoms with Crippen molar-refractivity contribution in [1.29, 1.82) is 0 Å². The summed E-state index contributed by atoms with van der Waals surface area (Å²) in [4.78, 5) is 2.45. The van der Waals surface area contributed by atoms with Crippen molar-refractivity contribution in [1.82, 2.24) is 4.90 Å². The number of hydrogen-bond donors (Lipinski definition) is 1. The van der Waals surface area contributed by atoms with Crippen molar-refractivity contribution < 1.29 is 0 Å². The largest absolute Gasteiger partial charge is 0.329 e. The van der Waals surface area contributed by atoms with E-state index in [1.807, 2.05) is 0 Å². The van der Waals surface area contributed by atoms with Crippen molar-refractivity contribution in [2.24, 2.45) is 11.7 Å². The SMILES string of the molecule is CN(Cc1cccc(C2CC2)c1)C(CN)C1CC1. The average Bonchev–Trinajstić information content (AvgIpc) is 3.24. The van der Waals surface area contributed by atoms with Gasteiger partial charge in [-0.25, -0.2) is 0 Å². The van der Waals surface area contributed by atoms with Crippen LogP contribution in [0.2, 0.25) is 0 Å². The zero-order chi connectivity index (χ0) is 12.5. The van der Waals surface area contributed by atoms with Crippen LogP contribution in [0.1, 0.15) is 42.7 Å². The second kappa shape index (κ2) is 5.02. The molecule has 2 aliphatic carbocycles. The maximum atomic E-state index is 5.91. The molecule has 1 unspecified atom stereocenters. The Morgan fingerprint density at radius 1 is 1.28 bits per heavy atom. The zero-order valence-electron chi connectivity index (χ0n) is 11.3. The van der Waals surface area contributed by atoms with E-state index in [4.69, 9.17) is 5.73 Å². The van der Waals surface area contributed by atoms with Gasteiger partial charge in [-0.1, -0.05) is 24.3 Å². The van der Waals surface area contributed by atoms with Crippen molar-refractivity contribution in [2.45, 2.75) is 44.2 Å². The third kappa shape index (κ3) is 2.76. The fraction of sp³-hybridized carbons (Fsp3) is 0.625. The highest BCUT2D eigenvalue weighted by Gasteiger charge is 2.32. The van der Waals surface area contributed by atoms with E-state index in [-0.39, 0.29) is 0 Å². The maximum absolute atomic E-state index is 5.91. The monoisotopic (exact) mass is 244 g/mol. The first kappa shape index (κ1) is 12.2. The van der Waals surface area contributed by atoms with E-state index in [2.05, 4.69) is 36.2 Å². The van der Waals surface area contributed by atoms with Crippen LogP contribution in [0.3, 0.4) is 0 Å². The Morgan fingerprint density at radius 3 is 2.67 bits per heavy atom. The van der Waals surface area contributed by atoms with E-state index < -0.39 is 0 Å². The predicted molar refractivity (Wildman–Crippen MR) is 75.5 cm³/mol. The van der Waals surface area contributed by atoms with E-state index >= 15 is 0 Å². The van der Waals surface area contributed by atoms with Gasteiger partial charge in [0, 0.05) is 19.1 Å². The molecule has 2 heteroatoms. The van der Waals surface area contributed by atoms with Crippen LogP contribution in [0.15, 0.2) is 24.3 Å². The standard InChI is InChI=1S/C16H24N2/c1-18(16(10-17)14-7-8-14)11-12-3-2-4-15(9-12)13-5-6-13/h2-4,9,13-14,16H,5-8,10-11,17H2,1H3. The number of rotatable bonds is 6. The Balaban J connectivity index is 1.65. The molecule has 0 saturated heterocycles. The van der Waals surface area contributed by atoms with E-state index in [0.717, 1.165) is 24.9 Å². The molecular formula is C16H24N2. The number of benzene rings is 1. The molecule has 0 amide bonds. The fourth-order valence-corrected chi connectivity index (χ4v) is 2.98. The summed E-state index contributed by atoms with van der Waals surface area (Å²) in [6, 6.07) is 9.72. The van der Waals surface area contributed by atoms with E-state index in [0.29, 0.717) is 6.04 Å². The summed E-state index contributed by atoms with van der Waals surface area (Å²) < 4.78 is 0. The molecule has 1 aromatic carbocycles. The molecule has 2 nitrogen and oxygen atoms in total. The molecule has 0 radical (unpaired) electrons. The molecule has 2 N–H and O–H groups in total. The van der Waals surface area contributed by atoms with Crippen molar-refractivity contribution in [3.05, 3.63) is 35.4 Å². The Kier molecular flexibility index (Phi) is 3.40. The minimum Gasteiger partial charge on any atom is -0.329 e. The summed E-state index contributed by atoms with van der Waals surface area (Å²) >= 11 is 0. The first-order valence-corrected chi connectivity index (χ1v) is 7.27. The molecule has 2 aliphatic rings. The van der Waals surface area contributed by atoms with Crippen molar-refractivity contribution in [3.8, 4) is 0 Å². The predicted octanol–water partition coefficient (Wildman–Crippen LogP) is 2.73. The molecule has 2 saturated carbocycles. The molecular weight excluding hydrogens is 220 g/mol. The van der Waals surface area contributed by atoms with Crippen molar-refractivity contribution in [2.75, 3.05) is 13.6 Å². The molecule has 0 aliphatic heterocycles. The Labute approximate surface area is 110 Å². The Bertz CT molecular complexity index is 407. The molecule has 2 fully saturated rings. The van der Waals surface area contributed by atoms with Crippen LogP contribution in [0, 0.1) is 5.92 Å². The van der Waals surface area contributed by atoms with Gasteiger partial charge in [0.25, 0.3) is 0 Å². The van der Waals surface area contributed by atoms with Gasteiger partial charge in [0.1, 0.15) is 0 Å². The van der Waals surface area contributed by atoms with Crippen LogP contribution < -0.4 is 5.73 Å². The average molecular weight is 244 g/mol. The van der Waals surface area contributed by atoms with Crippen LogP contribution in [0.4, 0.5) is 0 Å². The fourth-order valence-electron chi connectivity index (χ4n) is 2.98. The summed E-state index contributed by atoms with van der Waals surface area (Å²) in [6.07, 6.45) is 5.50. The Hall–Kier alpha value is -0.860. The van der Waals surface area contributed by atoms with Gasteiger partial charge in [-0.15, -0.1) is 0 Å². The van der Waals surface area contributed by atoms with Gasteiger partial charge in [0.2, 0.25) is 0 Å². The lowest BCUT2D eigenvalue weighted by atomic mass is 10.1. The first-order valence-electron chi connectivity index (χ1n) is 7.27. The van der Waals surface area contributed by atoms with Crippen LogP contribution in [-0.2, 0) is 6.54 Å². The third-order valence-electron chi connectivity index (χ3n) is 4.41. The number of hydrogen-bond acceptors (Lipinski definition) is 2. The first-order chi connectivity index (χ1) is 8.78. The van der Waals surface area contributed by atoms with Gasteiger partial charge in [-0.05, 0) is 55.7 Å². The summed E-state index contributed by atoms with van der Waals surface area (Å²) in [5.74, 6) is 1.70. The smallest absolute Gasteiger partial charge is 0.0247 e. The van der Waals surface area contributed by atoms with Gasteiger partial charge in [-0.2, -0.15) is 0 Å². The van der Waals surface area contributed by atoms with Gasteiger partial charge < -0.3 is 5.73 Å². The summed E-state index contributed by atoms with van der Waals surface area (Å²) in [7, 11) is 2.22. The molecule has 3 rings (SSSR count). The molecule has 98 valence electrons. The lowest BCUT2D eigenvalue weighted by molar-refractivity contribution is 0.215. The molecule has 0 heterocycles. The van der Waals surface area contributed by atoms with E-state index in [9.17, 15) is 0 Å². The maximum Gasteiger partial charge on any atom is 0.0247 e. The molecule has 18 heavy (non-hydrogen) atoms. The van der Waals surface area contributed by atoms with Crippen molar-refractivity contribution >= 4 is 0 Å². The Morgan fingerprint density at radius 2 is 2.06 bits per heavy atom. The highest BCUT2D eigenvalue weighted by Crippen LogP contribution is 2.40. The number of nitrogens with two attached hydrogens (primary N) is 1. The minimum atomic E-state index is 0.578. The van der Waals surface area contributed by atoms with Crippen molar-refractivity contribution in [3.63, 3.8) is 0 Å². The number of likely N-dealkylation sites (N-methyl/N-ethyl adjacent to an activating group) is 1. The highest BCUT2D eigenvalue weighted by atomic mass is 15.1. The molecule has 0 bridgehead atoms.